The van der Waals surface area contributed by atoms with Gasteiger partial charge in [-0.2, -0.15) is 0 Å². The molecule has 24 heavy (non-hydrogen) atoms. The summed E-state index contributed by atoms with van der Waals surface area (Å²) in [4.78, 5) is 22.4. The molecule has 0 saturated heterocycles. The predicted octanol–water partition coefficient (Wildman–Crippen LogP) is 2.78. The first kappa shape index (κ1) is 19.4. The first-order chi connectivity index (χ1) is 11.3. The Morgan fingerprint density at radius 2 is 1.79 bits per heavy atom. The number of nitrogens with one attached hydrogen (secondary N) is 1. The van der Waals surface area contributed by atoms with Crippen LogP contribution >= 0.6 is 0 Å². The minimum Gasteiger partial charge on any atom is -0.495 e. The lowest BCUT2D eigenvalue weighted by Crippen LogP contribution is -2.32. The zero-order valence-electron chi connectivity index (χ0n) is 14.7. The zero-order valence-corrected chi connectivity index (χ0v) is 14.7. The molecule has 0 aliphatic rings. The Balaban J connectivity index is 2.72. The summed E-state index contributed by atoms with van der Waals surface area (Å²) in [6.07, 6.45) is 0.670. The van der Waals surface area contributed by atoms with Crippen LogP contribution in [0, 0.1) is 11.8 Å². The molecule has 0 aromatic heterocycles. The van der Waals surface area contributed by atoms with Gasteiger partial charge in [0.1, 0.15) is 28.9 Å². The van der Waals surface area contributed by atoms with Crippen LogP contribution in [0.2, 0.25) is 0 Å². The van der Waals surface area contributed by atoms with Crippen LogP contribution in [0.25, 0.3) is 0 Å². The van der Waals surface area contributed by atoms with Crippen molar-refractivity contribution in [1.29, 1.82) is 0 Å². The molecule has 6 heteroatoms. The molecule has 0 aliphatic carbocycles. The van der Waals surface area contributed by atoms with Crippen LogP contribution in [0.15, 0.2) is 12.1 Å². The number of aldehydes is 1. The average Bonchev–Trinajstić information content (AvgIpc) is 2.52. The van der Waals surface area contributed by atoms with Crippen LogP contribution in [0.3, 0.4) is 0 Å². The lowest BCUT2D eigenvalue weighted by Gasteiger charge is -2.19. The Bertz CT molecular complexity index is 625. The van der Waals surface area contributed by atoms with Crippen molar-refractivity contribution in [2.75, 3.05) is 20.8 Å². The molecule has 0 atom stereocenters. The van der Waals surface area contributed by atoms with Crippen molar-refractivity contribution in [3.8, 4) is 23.3 Å². The fourth-order valence-electron chi connectivity index (χ4n) is 1.82. The lowest BCUT2D eigenvalue weighted by atomic mass is 10.1. The van der Waals surface area contributed by atoms with Crippen molar-refractivity contribution in [3.05, 3.63) is 23.3 Å². The molecule has 1 rings (SSSR count). The van der Waals surface area contributed by atoms with Gasteiger partial charge < -0.3 is 19.5 Å². The average molecular weight is 333 g/mol. The molecule has 1 aromatic carbocycles. The second-order valence-electron chi connectivity index (χ2n) is 5.90. The van der Waals surface area contributed by atoms with Crippen LogP contribution < -0.4 is 14.8 Å². The number of carbonyl (C=O) groups excluding carboxylic acids is 2. The van der Waals surface area contributed by atoms with E-state index in [-0.39, 0.29) is 0 Å². The third kappa shape index (κ3) is 6.21. The van der Waals surface area contributed by atoms with Crippen LogP contribution in [-0.4, -0.2) is 38.7 Å². The Hall–Kier alpha value is -2.68. The van der Waals surface area contributed by atoms with E-state index in [1.165, 1.54) is 14.2 Å². The van der Waals surface area contributed by atoms with Crippen molar-refractivity contribution >= 4 is 12.4 Å². The highest BCUT2D eigenvalue weighted by Crippen LogP contribution is 2.29. The normalized spacial score (nSPS) is 10.2. The van der Waals surface area contributed by atoms with Gasteiger partial charge in [0.25, 0.3) is 0 Å². The minimum absolute atomic E-state index is 0.360. The van der Waals surface area contributed by atoms with Crippen LogP contribution in [0.4, 0.5) is 4.79 Å². The summed E-state index contributed by atoms with van der Waals surface area (Å²) in [5.74, 6) is 6.81. The summed E-state index contributed by atoms with van der Waals surface area (Å²) < 4.78 is 15.6. The van der Waals surface area contributed by atoms with Crippen molar-refractivity contribution in [2.45, 2.75) is 32.8 Å². The van der Waals surface area contributed by atoms with Gasteiger partial charge in [-0.25, -0.2) is 4.79 Å². The number of ether oxygens (including phenoxy) is 3. The van der Waals surface area contributed by atoms with E-state index in [1.54, 1.807) is 32.9 Å². The van der Waals surface area contributed by atoms with Crippen molar-refractivity contribution < 1.29 is 23.8 Å². The summed E-state index contributed by atoms with van der Waals surface area (Å²) in [6, 6.07) is 3.19. The summed E-state index contributed by atoms with van der Waals surface area (Å²) in [5, 5.41) is 2.63. The fourth-order valence-corrected chi connectivity index (χ4v) is 1.82. The van der Waals surface area contributed by atoms with Gasteiger partial charge >= 0.3 is 6.09 Å². The first-order valence-corrected chi connectivity index (χ1v) is 7.47. The van der Waals surface area contributed by atoms with Crippen molar-refractivity contribution in [2.24, 2.45) is 0 Å². The highest BCUT2D eigenvalue weighted by atomic mass is 16.6. The van der Waals surface area contributed by atoms with Crippen molar-refractivity contribution in [3.63, 3.8) is 0 Å². The maximum atomic E-state index is 11.5. The van der Waals surface area contributed by atoms with Gasteiger partial charge in [-0.3, -0.25) is 4.79 Å². The maximum absolute atomic E-state index is 11.5. The smallest absolute Gasteiger partial charge is 0.407 e. The molecule has 0 heterocycles. The quantitative estimate of drug-likeness (QED) is 0.509. The molecule has 0 bridgehead atoms. The monoisotopic (exact) mass is 333 g/mol. The van der Waals surface area contributed by atoms with Gasteiger partial charge in [-0.1, -0.05) is 11.8 Å². The Morgan fingerprint density at radius 1 is 1.21 bits per heavy atom. The molecule has 0 unspecified atom stereocenters. The molecule has 0 spiro atoms. The Labute approximate surface area is 142 Å². The number of hydrogen-bond donors (Lipinski definition) is 1. The molecule has 1 N–H and O–H groups in total. The largest absolute Gasteiger partial charge is 0.495 e. The van der Waals surface area contributed by atoms with Gasteiger partial charge in [-0.15, -0.1) is 0 Å². The molecule has 1 aromatic rings. The highest BCUT2D eigenvalue weighted by Gasteiger charge is 2.15. The van der Waals surface area contributed by atoms with E-state index in [4.69, 9.17) is 14.2 Å². The van der Waals surface area contributed by atoms with Gasteiger partial charge in [-0.05, 0) is 32.9 Å². The van der Waals surface area contributed by atoms with E-state index in [9.17, 15) is 9.59 Å². The third-order valence-corrected chi connectivity index (χ3v) is 2.80. The maximum Gasteiger partial charge on any atom is 0.407 e. The number of carbonyl (C=O) groups is 2. The number of methoxy groups -OCH3 is 2. The SMILES string of the molecule is COc1cc(C=O)cc(OC)c1C#CCCNC(=O)OC(C)(C)C. The fraction of sp³-hybridized carbons (Fsp3) is 0.444. The number of benzene rings is 1. The Morgan fingerprint density at radius 3 is 2.25 bits per heavy atom. The van der Waals surface area contributed by atoms with E-state index in [0.29, 0.717) is 41.9 Å². The number of rotatable bonds is 5. The Kier molecular flexibility index (Phi) is 7.12. The predicted molar refractivity (Wildman–Crippen MR) is 90.7 cm³/mol. The van der Waals surface area contributed by atoms with Gasteiger partial charge in [0, 0.05) is 18.5 Å². The van der Waals surface area contributed by atoms with Gasteiger partial charge in [0.05, 0.1) is 14.2 Å². The molecule has 0 aliphatic heterocycles. The van der Waals surface area contributed by atoms with Crippen molar-refractivity contribution in [1.82, 2.24) is 5.32 Å². The summed E-state index contributed by atoms with van der Waals surface area (Å²) in [6.45, 7) is 5.76. The molecule has 1 amide bonds. The molecule has 130 valence electrons. The molecule has 0 radical (unpaired) electrons. The molecular weight excluding hydrogens is 310 g/mol. The standard InChI is InChI=1S/C18H23NO5/c1-18(2,3)24-17(21)19-9-7-6-8-14-15(22-4)10-13(12-20)11-16(14)23-5/h10-12H,7,9H2,1-5H3,(H,19,21). The third-order valence-electron chi connectivity index (χ3n) is 2.80. The number of alkyl carbamates (subject to hydrolysis) is 1. The summed E-state index contributed by atoms with van der Waals surface area (Å²) in [7, 11) is 3.00. The van der Waals surface area contributed by atoms with Gasteiger partial charge in [0.2, 0.25) is 0 Å². The zero-order chi connectivity index (χ0) is 18.2. The molecule has 0 fully saturated rings. The van der Waals surface area contributed by atoms with E-state index < -0.39 is 11.7 Å². The highest BCUT2D eigenvalue weighted by molar-refractivity contribution is 5.78. The first-order valence-electron chi connectivity index (χ1n) is 7.47. The van der Waals surface area contributed by atoms with Crippen LogP contribution in [-0.2, 0) is 4.74 Å². The van der Waals surface area contributed by atoms with E-state index in [2.05, 4.69) is 17.2 Å². The van der Waals surface area contributed by atoms with E-state index in [0.717, 1.165) is 0 Å². The number of hydrogen-bond acceptors (Lipinski definition) is 5. The van der Waals surface area contributed by atoms with E-state index in [1.807, 2.05) is 0 Å². The molecule has 6 nitrogen and oxygen atoms in total. The second-order valence-corrected chi connectivity index (χ2v) is 5.90. The van der Waals surface area contributed by atoms with Crippen LogP contribution in [0.1, 0.15) is 43.1 Å². The molecular formula is C18H23NO5. The summed E-state index contributed by atoms with van der Waals surface area (Å²) >= 11 is 0. The minimum atomic E-state index is -0.531. The van der Waals surface area contributed by atoms with Gasteiger partial charge in [0.15, 0.2) is 0 Å². The number of amides is 1. The summed E-state index contributed by atoms with van der Waals surface area (Å²) in [5.41, 5.74) is 0.473. The van der Waals surface area contributed by atoms with Crippen LogP contribution in [0.5, 0.6) is 11.5 Å². The second kappa shape index (κ2) is 8.82. The topological polar surface area (TPSA) is 73.9 Å². The molecule has 0 saturated carbocycles. The lowest BCUT2D eigenvalue weighted by molar-refractivity contribution is 0.0529. The van der Waals surface area contributed by atoms with E-state index >= 15 is 0 Å².